The van der Waals surface area contributed by atoms with E-state index in [1.807, 2.05) is 14.2 Å². The zero-order chi connectivity index (χ0) is 12.3. The van der Waals surface area contributed by atoms with Crippen molar-refractivity contribution in [1.29, 1.82) is 0 Å². The summed E-state index contributed by atoms with van der Waals surface area (Å²) >= 11 is 0. The molecule has 1 N–H and O–H groups in total. The normalized spacial score (nSPS) is 20.4. The van der Waals surface area contributed by atoms with E-state index < -0.39 is 0 Å². The number of hydrogen-bond acceptors (Lipinski definition) is 2. The van der Waals surface area contributed by atoms with Gasteiger partial charge in [-0.05, 0) is 32.4 Å². The van der Waals surface area contributed by atoms with Crippen molar-refractivity contribution in [2.75, 3.05) is 14.2 Å². The van der Waals surface area contributed by atoms with Gasteiger partial charge >= 0.3 is 0 Å². The first-order valence-corrected chi connectivity index (χ1v) is 6.51. The van der Waals surface area contributed by atoms with Gasteiger partial charge in [0.2, 0.25) is 0 Å². The third-order valence-corrected chi connectivity index (χ3v) is 4.08. The third-order valence-electron chi connectivity index (χ3n) is 4.08. The van der Waals surface area contributed by atoms with Gasteiger partial charge in [0, 0.05) is 7.11 Å². The molecule has 0 heterocycles. The van der Waals surface area contributed by atoms with E-state index in [0.717, 1.165) is 12.8 Å². The van der Waals surface area contributed by atoms with Crippen LogP contribution in [0.4, 0.5) is 0 Å². The van der Waals surface area contributed by atoms with Gasteiger partial charge in [0.05, 0.1) is 11.6 Å². The van der Waals surface area contributed by atoms with Gasteiger partial charge < -0.3 is 10.1 Å². The second kappa shape index (κ2) is 5.19. The maximum atomic E-state index is 5.87. The van der Waals surface area contributed by atoms with Crippen LogP contribution in [0, 0.1) is 6.92 Å². The molecule has 0 spiro atoms. The third kappa shape index (κ3) is 2.38. The Kier molecular flexibility index (Phi) is 3.85. The molecule has 0 radical (unpaired) electrons. The van der Waals surface area contributed by atoms with Gasteiger partial charge in [0.15, 0.2) is 0 Å². The molecule has 94 valence electrons. The summed E-state index contributed by atoms with van der Waals surface area (Å²) in [6.07, 6.45) is 4.86. The lowest BCUT2D eigenvalue weighted by Crippen LogP contribution is -2.42. The van der Waals surface area contributed by atoms with Crippen molar-refractivity contribution in [2.45, 2.75) is 44.2 Å². The molecule has 2 rings (SSSR count). The van der Waals surface area contributed by atoms with Crippen molar-refractivity contribution in [1.82, 2.24) is 5.32 Å². The Morgan fingerprint density at radius 1 is 1.18 bits per heavy atom. The monoisotopic (exact) mass is 233 g/mol. The summed E-state index contributed by atoms with van der Waals surface area (Å²) in [6, 6.07) is 9.09. The molecule has 1 fully saturated rings. The smallest absolute Gasteiger partial charge is 0.0872 e. The van der Waals surface area contributed by atoms with E-state index in [1.165, 1.54) is 24.0 Å². The molecule has 0 aromatic heterocycles. The molecule has 1 aliphatic rings. The quantitative estimate of drug-likeness (QED) is 0.862. The van der Waals surface area contributed by atoms with Crippen LogP contribution in [0.3, 0.4) is 0 Å². The minimum Gasteiger partial charge on any atom is -0.376 e. The van der Waals surface area contributed by atoms with E-state index in [1.54, 1.807) is 0 Å². The van der Waals surface area contributed by atoms with E-state index in [2.05, 4.69) is 36.5 Å². The first-order chi connectivity index (χ1) is 8.22. The predicted octanol–water partition coefficient (Wildman–Crippen LogP) is 3.21. The molecule has 0 bridgehead atoms. The Hall–Kier alpha value is -0.860. The molecular formula is C15H23NO. The molecule has 1 unspecified atom stereocenters. The molecule has 0 saturated heterocycles. The number of rotatable bonds is 4. The minimum atomic E-state index is -0.00991. The fourth-order valence-corrected chi connectivity index (χ4v) is 3.08. The van der Waals surface area contributed by atoms with Crippen molar-refractivity contribution >= 4 is 0 Å². The summed E-state index contributed by atoms with van der Waals surface area (Å²) in [5.41, 5.74) is 2.63. The van der Waals surface area contributed by atoms with Gasteiger partial charge in [0.25, 0.3) is 0 Å². The highest BCUT2D eigenvalue weighted by molar-refractivity contribution is 5.27. The summed E-state index contributed by atoms with van der Waals surface area (Å²) in [5, 5.41) is 3.45. The van der Waals surface area contributed by atoms with Gasteiger partial charge in [-0.3, -0.25) is 0 Å². The highest BCUT2D eigenvalue weighted by Gasteiger charge is 2.41. The fraction of sp³-hybridized carbons (Fsp3) is 0.600. The van der Waals surface area contributed by atoms with Crippen LogP contribution < -0.4 is 5.32 Å². The number of aryl methyl sites for hydroxylation is 1. The molecule has 1 saturated carbocycles. The average Bonchev–Trinajstić information content (AvgIpc) is 2.82. The summed E-state index contributed by atoms with van der Waals surface area (Å²) in [5.74, 6) is 0. The Bertz CT molecular complexity index is 352. The first-order valence-electron chi connectivity index (χ1n) is 6.51. The van der Waals surface area contributed by atoms with E-state index >= 15 is 0 Å². The molecule has 1 aromatic carbocycles. The fourth-order valence-electron chi connectivity index (χ4n) is 3.08. The SMILES string of the molecule is CNC(c1ccc(C)cc1)C1(OC)CCCC1. The molecule has 17 heavy (non-hydrogen) atoms. The maximum absolute atomic E-state index is 5.87. The van der Waals surface area contributed by atoms with Gasteiger partial charge in [-0.15, -0.1) is 0 Å². The zero-order valence-electron chi connectivity index (χ0n) is 11.1. The Morgan fingerprint density at radius 3 is 2.24 bits per heavy atom. The molecule has 0 aliphatic heterocycles. The van der Waals surface area contributed by atoms with Crippen molar-refractivity contribution in [3.63, 3.8) is 0 Å². The van der Waals surface area contributed by atoms with Crippen LogP contribution >= 0.6 is 0 Å². The number of nitrogens with one attached hydrogen (secondary N) is 1. The predicted molar refractivity (Wildman–Crippen MR) is 71.2 cm³/mol. The van der Waals surface area contributed by atoms with Gasteiger partial charge in [-0.1, -0.05) is 42.7 Å². The van der Waals surface area contributed by atoms with Crippen molar-refractivity contribution < 1.29 is 4.74 Å². The van der Waals surface area contributed by atoms with Gasteiger partial charge in [-0.25, -0.2) is 0 Å². The largest absolute Gasteiger partial charge is 0.376 e. The standard InChI is InChI=1S/C15H23NO/c1-12-6-8-13(9-7-12)14(16-2)15(17-3)10-4-5-11-15/h6-9,14,16H,4-5,10-11H2,1-3H3. The highest BCUT2D eigenvalue weighted by Crippen LogP contribution is 2.42. The van der Waals surface area contributed by atoms with Crippen molar-refractivity contribution in [3.05, 3.63) is 35.4 Å². The van der Waals surface area contributed by atoms with Crippen molar-refractivity contribution in [3.8, 4) is 0 Å². The number of hydrogen-bond donors (Lipinski definition) is 1. The lowest BCUT2D eigenvalue weighted by Gasteiger charge is -2.36. The lowest BCUT2D eigenvalue weighted by molar-refractivity contribution is -0.0349. The van der Waals surface area contributed by atoms with E-state index in [-0.39, 0.29) is 5.60 Å². The Balaban J connectivity index is 2.28. The van der Waals surface area contributed by atoms with Crippen LogP contribution in [0.25, 0.3) is 0 Å². The number of methoxy groups -OCH3 is 1. The average molecular weight is 233 g/mol. The molecule has 2 nitrogen and oxygen atoms in total. The van der Waals surface area contributed by atoms with Crippen LogP contribution in [0.15, 0.2) is 24.3 Å². The highest BCUT2D eigenvalue weighted by atomic mass is 16.5. The van der Waals surface area contributed by atoms with Crippen molar-refractivity contribution in [2.24, 2.45) is 0 Å². The molecule has 1 aromatic rings. The summed E-state index contributed by atoms with van der Waals surface area (Å²) in [6.45, 7) is 2.12. The summed E-state index contributed by atoms with van der Waals surface area (Å²) in [7, 11) is 3.88. The van der Waals surface area contributed by atoms with Crippen LogP contribution in [0.5, 0.6) is 0 Å². The zero-order valence-corrected chi connectivity index (χ0v) is 11.1. The second-order valence-electron chi connectivity index (χ2n) is 5.11. The van der Waals surface area contributed by atoms with E-state index in [9.17, 15) is 0 Å². The first kappa shape index (κ1) is 12.6. The number of likely N-dealkylation sites (N-methyl/N-ethyl adjacent to an activating group) is 1. The van der Waals surface area contributed by atoms with Gasteiger partial charge in [-0.2, -0.15) is 0 Å². The molecule has 1 aliphatic carbocycles. The Labute approximate surface area is 104 Å². The number of benzene rings is 1. The molecule has 0 amide bonds. The van der Waals surface area contributed by atoms with E-state index in [0.29, 0.717) is 6.04 Å². The maximum Gasteiger partial charge on any atom is 0.0872 e. The molecule has 1 atom stereocenters. The van der Waals surface area contributed by atoms with Crippen LogP contribution in [0.2, 0.25) is 0 Å². The van der Waals surface area contributed by atoms with Crippen LogP contribution in [-0.4, -0.2) is 19.8 Å². The number of ether oxygens (including phenoxy) is 1. The molecule has 2 heteroatoms. The topological polar surface area (TPSA) is 21.3 Å². The summed E-state index contributed by atoms with van der Waals surface area (Å²) in [4.78, 5) is 0. The van der Waals surface area contributed by atoms with Crippen LogP contribution in [-0.2, 0) is 4.74 Å². The Morgan fingerprint density at radius 2 is 1.76 bits per heavy atom. The van der Waals surface area contributed by atoms with E-state index in [4.69, 9.17) is 4.74 Å². The lowest BCUT2D eigenvalue weighted by atomic mass is 9.86. The summed E-state index contributed by atoms with van der Waals surface area (Å²) < 4.78 is 5.87. The van der Waals surface area contributed by atoms with Crippen LogP contribution in [0.1, 0.15) is 42.9 Å². The minimum absolute atomic E-state index is 0.00991. The molecular weight excluding hydrogens is 210 g/mol. The van der Waals surface area contributed by atoms with Gasteiger partial charge in [0.1, 0.15) is 0 Å². The second-order valence-corrected chi connectivity index (χ2v) is 5.11.